The van der Waals surface area contributed by atoms with Crippen LogP contribution in [0.3, 0.4) is 0 Å². The van der Waals surface area contributed by atoms with Crippen molar-refractivity contribution in [1.29, 1.82) is 0 Å². The summed E-state index contributed by atoms with van der Waals surface area (Å²) >= 11 is 0. The van der Waals surface area contributed by atoms with E-state index in [0.29, 0.717) is 17.5 Å². The summed E-state index contributed by atoms with van der Waals surface area (Å²) in [5.74, 6) is -0.243. The van der Waals surface area contributed by atoms with Gasteiger partial charge in [0.1, 0.15) is 0 Å². The molecule has 0 radical (unpaired) electrons. The number of amides is 1. The lowest BCUT2D eigenvalue weighted by Gasteiger charge is -2.15. The third-order valence-corrected chi connectivity index (χ3v) is 3.89. The molecule has 0 aliphatic rings. The van der Waals surface area contributed by atoms with Crippen molar-refractivity contribution in [2.75, 3.05) is 0 Å². The molecule has 1 aromatic carbocycles. The number of H-pyrrole nitrogens is 1. The Morgan fingerprint density at radius 1 is 1.29 bits per heavy atom. The number of carbonyl (C=O) groups is 1. The Labute approximate surface area is 139 Å². The summed E-state index contributed by atoms with van der Waals surface area (Å²) < 4.78 is 0. The van der Waals surface area contributed by atoms with E-state index in [-0.39, 0.29) is 17.5 Å². The molecular weight excluding hydrogens is 302 g/mol. The molecule has 3 aromatic rings. The molecule has 5 heteroatoms. The maximum Gasteiger partial charge on any atom is 0.252 e. The van der Waals surface area contributed by atoms with Gasteiger partial charge in [-0.1, -0.05) is 17.7 Å². The predicted molar refractivity (Wildman–Crippen MR) is 94.2 cm³/mol. The number of hydrogen-bond donors (Lipinski definition) is 2. The van der Waals surface area contributed by atoms with Crippen molar-refractivity contribution in [3.05, 3.63) is 75.8 Å². The molecule has 0 fully saturated rings. The molecule has 1 amide bonds. The summed E-state index contributed by atoms with van der Waals surface area (Å²) in [6.07, 6.45) is 4.19. The third-order valence-electron chi connectivity index (χ3n) is 3.89. The number of carbonyl (C=O) groups excluding carboxylic acids is 1. The van der Waals surface area contributed by atoms with Crippen LogP contribution < -0.4 is 10.9 Å². The Kier molecular flexibility index (Phi) is 4.42. The standard InChI is InChI=1S/C19H19N3O2/c1-12-5-6-17-15(8-12)16(10-18(23)22-17)19(24)21-13(2)9-14-4-3-7-20-11-14/h3-8,10-11,13H,9H2,1-2H3,(H,21,24)(H,22,23). The molecule has 122 valence electrons. The van der Waals surface area contributed by atoms with Crippen molar-refractivity contribution in [2.45, 2.75) is 26.3 Å². The maximum atomic E-state index is 12.6. The van der Waals surface area contributed by atoms with Gasteiger partial charge >= 0.3 is 0 Å². The van der Waals surface area contributed by atoms with E-state index in [9.17, 15) is 9.59 Å². The van der Waals surface area contributed by atoms with Gasteiger partial charge in [-0.25, -0.2) is 0 Å². The van der Waals surface area contributed by atoms with Crippen LogP contribution in [-0.4, -0.2) is 21.9 Å². The topological polar surface area (TPSA) is 74.8 Å². The zero-order valence-electron chi connectivity index (χ0n) is 13.7. The zero-order chi connectivity index (χ0) is 17.1. The quantitative estimate of drug-likeness (QED) is 0.775. The molecule has 1 unspecified atom stereocenters. The van der Waals surface area contributed by atoms with Gasteiger partial charge in [0, 0.05) is 35.4 Å². The Bertz CT molecular complexity index is 932. The van der Waals surface area contributed by atoms with Crippen LogP contribution in [0.25, 0.3) is 10.9 Å². The molecule has 0 aliphatic carbocycles. The average Bonchev–Trinajstić information content (AvgIpc) is 2.55. The minimum Gasteiger partial charge on any atom is -0.349 e. The first-order valence-electron chi connectivity index (χ1n) is 7.86. The summed E-state index contributed by atoms with van der Waals surface area (Å²) in [5.41, 5.74) is 2.87. The van der Waals surface area contributed by atoms with Crippen molar-refractivity contribution in [3.8, 4) is 0 Å². The zero-order valence-corrected chi connectivity index (χ0v) is 13.7. The maximum absolute atomic E-state index is 12.6. The minimum absolute atomic E-state index is 0.0687. The summed E-state index contributed by atoms with van der Waals surface area (Å²) in [7, 11) is 0. The molecule has 0 saturated carbocycles. The molecule has 0 aliphatic heterocycles. The molecule has 2 heterocycles. The van der Waals surface area contributed by atoms with Crippen LogP contribution in [0.1, 0.15) is 28.4 Å². The number of fused-ring (bicyclic) bond motifs is 1. The van der Waals surface area contributed by atoms with Gasteiger partial charge in [-0.3, -0.25) is 14.6 Å². The number of hydrogen-bond acceptors (Lipinski definition) is 3. The highest BCUT2D eigenvalue weighted by atomic mass is 16.2. The molecule has 24 heavy (non-hydrogen) atoms. The number of rotatable bonds is 4. The molecular formula is C19H19N3O2. The second-order valence-corrected chi connectivity index (χ2v) is 6.04. The third kappa shape index (κ3) is 3.51. The van der Waals surface area contributed by atoms with Gasteiger partial charge in [0.2, 0.25) is 5.56 Å². The number of nitrogens with zero attached hydrogens (tertiary/aromatic N) is 1. The van der Waals surface area contributed by atoms with Crippen molar-refractivity contribution in [1.82, 2.24) is 15.3 Å². The Hall–Kier alpha value is -2.95. The van der Waals surface area contributed by atoms with Gasteiger partial charge in [-0.2, -0.15) is 0 Å². The Balaban J connectivity index is 1.86. The first-order valence-corrected chi connectivity index (χ1v) is 7.86. The van der Waals surface area contributed by atoms with Gasteiger partial charge in [0.25, 0.3) is 5.91 Å². The monoisotopic (exact) mass is 321 g/mol. The van der Waals surface area contributed by atoms with E-state index < -0.39 is 0 Å². The SMILES string of the molecule is Cc1ccc2[nH]c(=O)cc(C(=O)NC(C)Cc3cccnc3)c2c1. The fourth-order valence-corrected chi connectivity index (χ4v) is 2.78. The number of aromatic nitrogens is 2. The number of pyridine rings is 2. The Morgan fingerprint density at radius 3 is 2.88 bits per heavy atom. The first-order chi connectivity index (χ1) is 11.5. The van der Waals surface area contributed by atoms with E-state index in [1.54, 1.807) is 12.4 Å². The molecule has 0 bridgehead atoms. The van der Waals surface area contributed by atoms with E-state index in [0.717, 1.165) is 16.5 Å². The fourth-order valence-electron chi connectivity index (χ4n) is 2.78. The summed E-state index contributed by atoms with van der Waals surface area (Å²) in [4.78, 5) is 31.3. The van der Waals surface area contributed by atoms with Crippen LogP contribution in [0.4, 0.5) is 0 Å². The van der Waals surface area contributed by atoms with Crippen molar-refractivity contribution in [3.63, 3.8) is 0 Å². The largest absolute Gasteiger partial charge is 0.349 e. The van der Waals surface area contributed by atoms with Crippen LogP contribution >= 0.6 is 0 Å². The molecule has 2 aromatic heterocycles. The van der Waals surface area contributed by atoms with Gasteiger partial charge in [-0.15, -0.1) is 0 Å². The average molecular weight is 321 g/mol. The summed E-state index contributed by atoms with van der Waals surface area (Å²) in [5, 5.41) is 3.71. The normalized spacial score (nSPS) is 12.1. The molecule has 5 nitrogen and oxygen atoms in total. The molecule has 0 saturated heterocycles. The van der Waals surface area contributed by atoms with Crippen LogP contribution in [-0.2, 0) is 6.42 Å². The number of aryl methyl sites for hydroxylation is 1. The minimum atomic E-state index is -0.281. The molecule has 3 rings (SSSR count). The fraction of sp³-hybridized carbons (Fsp3) is 0.211. The van der Waals surface area contributed by atoms with Crippen molar-refractivity contribution < 1.29 is 4.79 Å². The van der Waals surface area contributed by atoms with Crippen LogP contribution in [0, 0.1) is 6.92 Å². The van der Waals surface area contributed by atoms with Gasteiger partial charge in [0.05, 0.1) is 5.56 Å². The Morgan fingerprint density at radius 2 is 2.12 bits per heavy atom. The highest BCUT2D eigenvalue weighted by Gasteiger charge is 2.14. The summed E-state index contributed by atoms with van der Waals surface area (Å²) in [6, 6.07) is 10.8. The predicted octanol–water partition coefficient (Wildman–Crippen LogP) is 2.59. The van der Waals surface area contributed by atoms with Gasteiger partial charge in [-0.05, 0) is 44.0 Å². The second kappa shape index (κ2) is 6.66. The van der Waals surface area contributed by atoms with Crippen LogP contribution in [0.15, 0.2) is 53.6 Å². The lowest BCUT2D eigenvalue weighted by molar-refractivity contribution is 0.0941. The smallest absolute Gasteiger partial charge is 0.252 e. The molecule has 0 spiro atoms. The van der Waals surface area contributed by atoms with Crippen molar-refractivity contribution >= 4 is 16.8 Å². The van der Waals surface area contributed by atoms with Gasteiger partial charge < -0.3 is 10.3 Å². The first kappa shape index (κ1) is 15.9. The van der Waals surface area contributed by atoms with Gasteiger partial charge in [0.15, 0.2) is 0 Å². The van der Waals surface area contributed by atoms with E-state index in [4.69, 9.17) is 0 Å². The highest BCUT2D eigenvalue weighted by molar-refractivity contribution is 6.06. The molecule has 2 N–H and O–H groups in total. The molecule has 1 atom stereocenters. The lowest BCUT2D eigenvalue weighted by Crippen LogP contribution is -2.34. The van der Waals surface area contributed by atoms with E-state index in [1.165, 1.54) is 6.07 Å². The second-order valence-electron chi connectivity index (χ2n) is 6.04. The van der Waals surface area contributed by atoms with Crippen molar-refractivity contribution in [2.24, 2.45) is 0 Å². The van der Waals surface area contributed by atoms with E-state index in [1.807, 2.05) is 44.2 Å². The van der Waals surface area contributed by atoms with Crippen LogP contribution in [0.2, 0.25) is 0 Å². The van der Waals surface area contributed by atoms with Crippen LogP contribution in [0.5, 0.6) is 0 Å². The number of aromatic amines is 1. The highest BCUT2D eigenvalue weighted by Crippen LogP contribution is 2.17. The number of nitrogens with one attached hydrogen (secondary N) is 2. The van der Waals surface area contributed by atoms with E-state index >= 15 is 0 Å². The summed E-state index contributed by atoms with van der Waals surface area (Å²) in [6.45, 7) is 3.89. The lowest BCUT2D eigenvalue weighted by atomic mass is 10.0. The number of benzene rings is 1. The van der Waals surface area contributed by atoms with E-state index in [2.05, 4.69) is 15.3 Å².